The zero-order chi connectivity index (χ0) is 16.1. The lowest BCUT2D eigenvalue weighted by Crippen LogP contribution is -2.35. The number of imidazole rings is 1. The van der Waals surface area contributed by atoms with Crippen LogP contribution in [0.5, 0.6) is 0 Å². The van der Waals surface area contributed by atoms with E-state index in [0.29, 0.717) is 12.5 Å². The Labute approximate surface area is 137 Å². The van der Waals surface area contributed by atoms with E-state index in [1.165, 1.54) is 11.1 Å². The van der Waals surface area contributed by atoms with E-state index in [1.807, 2.05) is 12.5 Å². The number of nitrogens with one attached hydrogen (secondary N) is 1. The Kier molecular flexibility index (Phi) is 5.43. The first-order valence-electron chi connectivity index (χ1n) is 8.18. The fourth-order valence-corrected chi connectivity index (χ4v) is 3.42. The van der Waals surface area contributed by atoms with Gasteiger partial charge in [0.2, 0.25) is 0 Å². The normalized spacial score (nSPS) is 24.2. The van der Waals surface area contributed by atoms with Crippen LogP contribution in [0.3, 0.4) is 0 Å². The monoisotopic (exact) mass is 315 g/mol. The number of hydrogen-bond acceptors (Lipinski definition) is 4. The predicted octanol–water partition coefficient (Wildman–Crippen LogP) is 1.96. The number of benzene rings is 1. The molecule has 1 saturated carbocycles. The number of aromatic nitrogens is 2. The van der Waals surface area contributed by atoms with E-state index in [1.54, 1.807) is 13.3 Å². The lowest BCUT2D eigenvalue weighted by atomic mass is 10.1. The van der Waals surface area contributed by atoms with Gasteiger partial charge in [-0.3, -0.25) is 0 Å². The van der Waals surface area contributed by atoms with Crippen LogP contribution >= 0.6 is 0 Å². The van der Waals surface area contributed by atoms with E-state index >= 15 is 0 Å². The molecule has 1 aliphatic carbocycles. The van der Waals surface area contributed by atoms with Gasteiger partial charge in [-0.2, -0.15) is 0 Å². The molecule has 0 aliphatic heterocycles. The summed E-state index contributed by atoms with van der Waals surface area (Å²) in [7, 11) is 1.71. The van der Waals surface area contributed by atoms with Gasteiger partial charge in [0, 0.05) is 38.6 Å². The molecule has 3 atom stereocenters. The van der Waals surface area contributed by atoms with Crippen LogP contribution in [0.1, 0.15) is 24.0 Å². The summed E-state index contributed by atoms with van der Waals surface area (Å²) < 4.78 is 7.27. The number of methoxy groups -OCH3 is 1. The van der Waals surface area contributed by atoms with Crippen LogP contribution in [0, 0.1) is 5.92 Å². The first kappa shape index (κ1) is 16.2. The Bertz CT molecular complexity index is 600. The average Bonchev–Trinajstić information content (AvgIpc) is 3.16. The third-order valence-electron chi connectivity index (χ3n) is 4.53. The van der Waals surface area contributed by atoms with Gasteiger partial charge in [0.1, 0.15) is 0 Å². The number of rotatable bonds is 7. The molecule has 3 rings (SSSR count). The van der Waals surface area contributed by atoms with Crippen LogP contribution < -0.4 is 5.32 Å². The topological polar surface area (TPSA) is 59.3 Å². The van der Waals surface area contributed by atoms with Crippen molar-refractivity contribution in [3.63, 3.8) is 0 Å². The predicted molar refractivity (Wildman–Crippen MR) is 88.7 cm³/mol. The molecule has 1 aromatic heterocycles. The third kappa shape index (κ3) is 4.41. The van der Waals surface area contributed by atoms with Crippen molar-refractivity contribution in [2.24, 2.45) is 5.92 Å². The second-order valence-electron chi connectivity index (χ2n) is 6.40. The molecule has 1 heterocycles. The first-order chi connectivity index (χ1) is 11.2. The van der Waals surface area contributed by atoms with Gasteiger partial charge >= 0.3 is 0 Å². The van der Waals surface area contributed by atoms with Crippen LogP contribution in [0.2, 0.25) is 0 Å². The van der Waals surface area contributed by atoms with Crippen LogP contribution in [-0.2, 0) is 24.4 Å². The van der Waals surface area contributed by atoms with Crippen molar-refractivity contribution < 1.29 is 9.84 Å². The van der Waals surface area contributed by atoms with Crippen molar-refractivity contribution in [2.45, 2.75) is 44.7 Å². The molecule has 0 amide bonds. The van der Waals surface area contributed by atoms with E-state index in [0.717, 1.165) is 25.9 Å². The van der Waals surface area contributed by atoms with Gasteiger partial charge in [-0.05, 0) is 29.9 Å². The highest BCUT2D eigenvalue weighted by Gasteiger charge is 2.32. The molecule has 1 aliphatic rings. The summed E-state index contributed by atoms with van der Waals surface area (Å²) in [4.78, 5) is 4.08. The number of nitrogens with zero attached hydrogens (tertiary/aromatic N) is 2. The van der Waals surface area contributed by atoms with E-state index in [4.69, 9.17) is 4.74 Å². The fourth-order valence-electron chi connectivity index (χ4n) is 3.42. The molecule has 0 spiro atoms. The van der Waals surface area contributed by atoms with Gasteiger partial charge in [0.05, 0.1) is 19.0 Å². The van der Waals surface area contributed by atoms with Crippen molar-refractivity contribution in [1.29, 1.82) is 0 Å². The molecular weight excluding hydrogens is 290 g/mol. The lowest BCUT2D eigenvalue weighted by Gasteiger charge is -2.17. The standard InChI is InChI=1S/C18H25N3O2/c1-23-12-15-4-2-3-14(7-15)10-20-17-8-16(9-18(17)22)11-21-6-5-19-13-21/h2-7,13,16-18,20,22H,8-12H2,1H3/t16?,17-,18-/m1/s1. The molecule has 1 fully saturated rings. The van der Waals surface area contributed by atoms with Crippen molar-refractivity contribution in [1.82, 2.24) is 14.9 Å². The SMILES string of the molecule is COCc1cccc(CN[C@@H]2CC(Cn3ccnc3)C[C@H]2O)c1. The highest BCUT2D eigenvalue weighted by Crippen LogP contribution is 2.27. The van der Waals surface area contributed by atoms with Gasteiger partial charge in [-0.25, -0.2) is 4.98 Å². The maximum atomic E-state index is 10.3. The fraction of sp³-hybridized carbons (Fsp3) is 0.500. The van der Waals surface area contributed by atoms with Crippen molar-refractivity contribution in [3.8, 4) is 0 Å². The molecule has 5 nitrogen and oxygen atoms in total. The lowest BCUT2D eigenvalue weighted by molar-refractivity contribution is 0.145. The minimum absolute atomic E-state index is 0.162. The van der Waals surface area contributed by atoms with Crippen LogP contribution in [-0.4, -0.2) is 33.9 Å². The summed E-state index contributed by atoms with van der Waals surface area (Å²) in [6.07, 6.45) is 7.19. The van der Waals surface area contributed by atoms with Gasteiger partial charge in [-0.15, -0.1) is 0 Å². The van der Waals surface area contributed by atoms with Gasteiger partial charge in [0.15, 0.2) is 0 Å². The number of aliphatic hydroxyl groups excluding tert-OH is 1. The zero-order valence-electron chi connectivity index (χ0n) is 13.6. The molecule has 124 valence electrons. The second kappa shape index (κ2) is 7.73. The Morgan fingerprint density at radius 1 is 1.35 bits per heavy atom. The molecule has 2 aromatic rings. The van der Waals surface area contributed by atoms with Crippen LogP contribution in [0.25, 0.3) is 0 Å². The summed E-state index contributed by atoms with van der Waals surface area (Å²) in [6.45, 7) is 2.34. The summed E-state index contributed by atoms with van der Waals surface area (Å²) in [5.41, 5.74) is 2.40. The van der Waals surface area contributed by atoms with Crippen molar-refractivity contribution in [3.05, 3.63) is 54.1 Å². The molecule has 5 heteroatoms. The molecule has 1 unspecified atom stereocenters. The highest BCUT2D eigenvalue weighted by molar-refractivity contribution is 5.23. The minimum atomic E-state index is -0.273. The molecule has 23 heavy (non-hydrogen) atoms. The van der Waals surface area contributed by atoms with E-state index in [-0.39, 0.29) is 12.1 Å². The number of ether oxygens (including phenoxy) is 1. The van der Waals surface area contributed by atoms with Crippen molar-refractivity contribution >= 4 is 0 Å². The van der Waals surface area contributed by atoms with E-state index in [9.17, 15) is 5.11 Å². The van der Waals surface area contributed by atoms with E-state index < -0.39 is 0 Å². The van der Waals surface area contributed by atoms with Crippen LogP contribution in [0.15, 0.2) is 43.0 Å². The summed E-state index contributed by atoms with van der Waals surface area (Å²) in [5.74, 6) is 0.497. The molecule has 0 radical (unpaired) electrons. The Balaban J connectivity index is 1.51. The number of hydrogen-bond donors (Lipinski definition) is 2. The molecule has 1 aromatic carbocycles. The summed E-state index contributed by atoms with van der Waals surface area (Å²) >= 11 is 0. The largest absolute Gasteiger partial charge is 0.391 e. The van der Waals surface area contributed by atoms with Crippen LogP contribution in [0.4, 0.5) is 0 Å². The minimum Gasteiger partial charge on any atom is -0.391 e. The van der Waals surface area contributed by atoms with Crippen molar-refractivity contribution in [2.75, 3.05) is 7.11 Å². The smallest absolute Gasteiger partial charge is 0.0945 e. The van der Waals surface area contributed by atoms with Gasteiger partial charge in [-0.1, -0.05) is 24.3 Å². The molecule has 0 bridgehead atoms. The summed E-state index contributed by atoms with van der Waals surface area (Å²) in [6, 6.07) is 8.54. The van der Waals surface area contributed by atoms with E-state index in [2.05, 4.69) is 39.1 Å². The first-order valence-corrected chi connectivity index (χ1v) is 8.18. The summed E-state index contributed by atoms with van der Waals surface area (Å²) in [5, 5.41) is 13.8. The quantitative estimate of drug-likeness (QED) is 0.820. The Hall–Kier alpha value is -1.69. The highest BCUT2D eigenvalue weighted by atomic mass is 16.5. The van der Waals surface area contributed by atoms with Gasteiger partial charge < -0.3 is 19.7 Å². The van der Waals surface area contributed by atoms with Gasteiger partial charge in [0.25, 0.3) is 0 Å². The Morgan fingerprint density at radius 2 is 2.22 bits per heavy atom. The Morgan fingerprint density at radius 3 is 3.00 bits per heavy atom. The molecule has 2 N–H and O–H groups in total. The maximum Gasteiger partial charge on any atom is 0.0945 e. The molecule has 0 saturated heterocycles. The zero-order valence-corrected chi connectivity index (χ0v) is 13.6. The average molecular weight is 315 g/mol. The number of aliphatic hydroxyl groups is 1. The second-order valence-corrected chi connectivity index (χ2v) is 6.40. The third-order valence-corrected chi connectivity index (χ3v) is 4.53. The maximum absolute atomic E-state index is 10.3. The molecular formula is C18H25N3O2.